The Morgan fingerprint density at radius 2 is 1.80 bits per heavy atom. The molecular formula is C23H33NO5S. The fourth-order valence-corrected chi connectivity index (χ4v) is 4.96. The number of hydrogen-bond acceptors (Lipinski definition) is 5. The van der Waals surface area contributed by atoms with Gasteiger partial charge in [0.1, 0.15) is 11.4 Å². The highest BCUT2D eigenvalue weighted by atomic mass is 32.2. The summed E-state index contributed by atoms with van der Waals surface area (Å²) in [6.45, 7) is 8.27. The first kappa shape index (κ1) is 24.4. The molecule has 1 aromatic carbocycles. The lowest BCUT2D eigenvalue weighted by atomic mass is 9.76. The number of Topliss-reactive ketones (excluding diaryl/α,β-unsaturated/α-hetero) is 2. The van der Waals surface area contributed by atoms with Gasteiger partial charge in [-0.05, 0) is 38.8 Å². The van der Waals surface area contributed by atoms with Gasteiger partial charge in [-0.3, -0.25) is 9.59 Å². The number of aliphatic hydroxyl groups is 1. The summed E-state index contributed by atoms with van der Waals surface area (Å²) in [6, 6.07) is 6.49. The largest absolute Gasteiger partial charge is 0.380 e. The molecule has 0 aromatic heterocycles. The maximum absolute atomic E-state index is 13.3. The second-order valence-electron chi connectivity index (χ2n) is 9.19. The van der Waals surface area contributed by atoms with E-state index in [0.717, 1.165) is 5.56 Å². The number of allylic oxidation sites excluding steroid dienone is 1. The van der Waals surface area contributed by atoms with Gasteiger partial charge in [-0.1, -0.05) is 50.6 Å². The summed E-state index contributed by atoms with van der Waals surface area (Å²) in [6.07, 6.45) is 4.64. The summed E-state index contributed by atoms with van der Waals surface area (Å²) in [4.78, 5) is 25.4. The summed E-state index contributed by atoms with van der Waals surface area (Å²) in [7, 11) is -3.91. The van der Waals surface area contributed by atoms with Gasteiger partial charge in [0.2, 0.25) is 10.0 Å². The fraction of sp³-hybridized carbons (Fsp3) is 0.565. The van der Waals surface area contributed by atoms with Crippen LogP contribution in [0.3, 0.4) is 0 Å². The van der Waals surface area contributed by atoms with Crippen LogP contribution in [-0.4, -0.2) is 48.1 Å². The SMILES string of the molecule is CC(=O)[C@]1(O)CN(S(=O)(=O)c2ccc(C)cc2)CCC/C=C\[C@@H]1CC(=O)C(C)(C)C. The molecule has 0 spiro atoms. The van der Waals surface area contributed by atoms with E-state index in [-0.39, 0.29) is 30.2 Å². The fourth-order valence-electron chi connectivity index (χ4n) is 3.45. The number of β-amino-alcohol motifs (C(OH)–C–C–N with tert-alkyl or cyclic N) is 1. The van der Waals surface area contributed by atoms with Gasteiger partial charge in [0, 0.05) is 24.3 Å². The summed E-state index contributed by atoms with van der Waals surface area (Å²) in [5.74, 6) is -1.44. The van der Waals surface area contributed by atoms with E-state index in [4.69, 9.17) is 0 Å². The molecule has 7 heteroatoms. The minimum atomic E-state index is -3.91. The molecular weight excluding hydrogens is 402 g/mol. The zero-order valence-electron chi connectivity index (χ0n) is 18.5. The topological polar surface area (TPSA) is 91.8 Å². The van der Waals surface area contributed by atoms with Crippen LogP contribution in [0.15, 0.2) is 41.3 Å². The molecule has 1 aromatic rings. The highest BCUT2D eigenvalue weighted by molar-refractivity contribution is 7.89. The normalized spacial score (nSPS) is 25.1. The summed E-state index contributed by atoms with van der Waals surface area (Å²) >= 11 is 0. The number of benzene rings is 1. The van der Waals surface area contributed by atoms with Crippen LogP contribution in [0, 0.1) is 18.3 Å². The first-order chi connectivity index (χ1) is 13.8. The molecule has 166 valence electrons. The summed E-state index contributed by atoms with van der Waals surface area (Å²) in [5, 5.41) is 11.4. The molecule has 0 bridgehead atoms. The predicted molar refractivity (Wildman–Crippen MR) is 117 cm³/mol. The van der Waals surface area contributed by atoms with Gasteiger partial charge in [0.25, 0.3) is 0 Å². The van der Waals surface area contributed by atoms with Gasteiger partial charge in [0.05, 0.1) is 11.4 Å². The third-order valence-corrected chi connectivity index (χ3v) is 7.55. The highest BCUT2D eigenvalue weighted by Gasteiger charge is 2.45. The van der Waals surface area contributed by atoms with Crippen LogP contribution in [0.1, 0.15) is 52.5 Å². The van der Waals surface area contributed by atoms with Gasteiger partial charge in [-0.15, -0.1) is 0 Å². The molecule has 0 saturated heterocycles. The van der Waals surface area contributed by atoms with E-state index in [1.807, 2.05) is 13.0 Å². The molecule has 1 aliphatic rings. The van der Waals surface area contributed by atoms with E-state index >= 15 is 0 Å². The van der Waals surface area contributed by atoms with E-state index in [0.29, 0.717) is 12.8 Å². The van der Waals surface area contributed by atoms with Crippen molar-refractivity contribution in [2.75, 3.05) is 13.1 Å². The van der Waals surface area contributed by atoms with E-state index in [1.165, 1.54) is 23.4 Å². The van der Waals surface area contributed by atoms with Crippen molar-refractivity contribution in [3.05, 3.63) is 42.0 Å². The zero-order valence-corrected chi connectivity index (χ0v) is 19.3. The lowest BCUT2D eigenvalue weighted by Gasteiger charge is -2.36. The lowest BCUT2D eigenvalue weighted by molar-refractivity contribution is -0.142. The Bertz CT molecular complexity index is 912. The van der Waals surface area contributed by atoms with Crippen LogP contribution >= 0.6 is 0 Å². The predicted octanol–water partition coefficient (Wildman–Crippen LogP) is 3.28. The number of rotatable bonds is 5. The van der Waals surface area contributed by atoms with Gasteiger partial charge in [-0.25, -0.2) is 8.42 Å². The van der Waals surface area contributed by atoms with Crippen molar-refractivity contribution in [1.29, 1.82) is 0 Å². The van der Waals surface area contributed by atoms with Crippen molar-refractivity contribution in [2.24, 2.45) is 11.3 Å². The molecule has 0 saturated carbocycles. The number of carbonyl (C=O) groups is 2. The number of nitrogens with zero attached hydrogens (tertiary/aromatic N) is 1. The summed E-state index contributed by atoms with van der Waals surface area (Å²) in [5.41, 5.74) is -1.68. The van der Waals surface area contributed by atoms with Crippen LogP contribution in [-0.2, 0) is 19.6 Å². The molecule has 0 aliphatic carbocycles. The average molecular weight is 436 g/mol. The average Bonchev–Trinajstić information content (AvgIpc) is 2.72. The Labute approximate surface area is 180 Å². The Morgan fingerprint density at radius 3 is 2.33 bits per heavy atom. The van der Waals surface area contributed by atoms with Crippen molar-refractivity contribution in [2.45, 2.75) is 64.4 Å². The van der Waals surface area contributed by atoms with Crippen molar-refractivity contribution >= 4 is 21.6 Å². The Morgan fingerprint density at radius 1 is 1.20 bits per heavy atom. The quantitative estimate of drug-likeness (QED) is 0.717. The molecule has 30 heavy (non-hydrogen) atoms. The molecule has 6 nitrogen and oxygen atoms in total. The molecule has 2 atom stereocenters. The van der Waals surface area contributed by atoms with Crippen LogP contribution in [0.2, 0.25) is 0 Å². The number of carbonyl (C=O) groups excluding carboxylic acids is 2. The first-order valence-electron chi connectivity index (χ1n) is 10.3. The van der Waals surface area contributed by atoms with Gasteiger partial charge < -0.3 is 5.11 Å². The highest BCUT2D eigenvalue weighted by Crippen LogP contribution is 2.32. The Hall–Kier alpha value is -1.83. The molecule has 1 N–H and O–H groups in total. The number of hydrogen-bond donors (Lipinski definition) is 1. The van der Waals surface area contributed by atoms with E-state index < -0.39 is 32.7 Å². The van der Waals surface area contributed by atoms with E-state index in [1.54, 1.807) is 39.0 Å². The molecule has 1 aliphatic heterocycles. The van der Waals surface area contributed by atoms with E-state index in [9.17, 15) is 23.1 Å². The van der Waals surface area contributed by atoms with Crippen LogP contribution in [0.25, 0.3) is 0 Å². The molecule has 0 radical (unpaired) electrons. The second kappa shape index (κ2) is 9.12. The minimum absolute atomic E-state index is 0.0332. The van der Waals surface area contributed by atoms with Crippen LogP contribution in [0.4, 0.5) is 0 Å². The number of ketones is 2. The van der Waals surface area contributed by atoms with Gasteiger partial charge in [-0.2, -0.15) is 4.31 Å². The summed E-state index contributed by atoms with van der Waals surface area (Å²) < 4.78 is 27.8. The third kappa shape index (κ3) is 5.45. The molecule has 0 fully saturated rings. The molecule has 1 heterocycles. The number of sulfonamides is 1. The van der Waals surface area contributed by atoms with Crippen LogP contribution < -0.4 is 0 Å². The van der Waals surface area contributed by atoms with Crippen molar-refractivity contribution in [3.8, 4) is 0 Å². The molecule has 0 unspecified atom stereocenters. The van der Waals surface area contributed by atoms with Crippen molar-refractivity contribution < 1.29 is 23.1 Å². The lowest BCUT2D eigenvalue weighted by Crippen LogP contribution is -2.55. The van der Waals surface area contributed by atoms with Crippen LogP contribution in [0.5, 0.6) is 0 Å². The van der Waals surface area contributed by atoms with Gasteiger partial charge in [0.15, 0.2) is 5.78 Å². The van der Waals surface area contributed by atoms with Crippen molar-refractivity contribution in [3.63, 3.8) is 0 Å². The Balaban J connectivity index is 2.46. The second-order valence-corrected chi connectivity index (χ2v) is 11.1. The molecule has 0 amide bonds. The first-order valence-corrected chi connectivity index (χ1v) is 11.7. The Kier molecular flexibility index (Phi) is 7.43. The van der Waals surface area contributed by atoms with Gasteiger partial charge >= 0.3 is 0 Å². The molecule has 2 rings (SSSR count). The smallest absolute Gasteiger partial charge is 0.243 e. The maximum Gasteiger partial charge on any atom is 0.243 e. The monoisotopic (exact) mass is 435 g/mol. The number of aryl methyl sites for hydroxylation is 1. The third-order valence-electron chi connectivity index (χ3n) is 5.69. The maximum atomic E-state index is 13.3. The van der Waals surface area contributed by atoms with E-state index in [2.05, 4.69) is 0 Å². The standard InChI is InChI=1S/C23H33NO5S/c1-17-10-12-20(13-11-17)30(28,29)24-14-8-6-7-9-19(15-21(26)22(3,4)5)23(27,16-24)18(2)25/h7,9-13,19,27H,6,8,14-16H2,1-5H3/b9-7-/t19-,23-/m1/s1. The zero-order chi connectivity index (χ0) is 22.7. The van der Waals surface area contributed by atoms with Crippen molar-refractivity contribution in [1.82, 2.24) is 4.31 Å². The minimum Gasteiger partial charge on any atom is -0.380 e.